The van der Waals surface area contributed by atoms with Crippen LogP contribution in [0.5, 0.6) is 5.75 Å². The van der Waals surface area contributed by atoms with Gasteiger partial charge in [-0.3, -0.25) is 9.59 Å². The largest absolute Gasteiger partial charge is 0.497 e. The van der Waals surface area contributed by atoms with Gasteiger partial charge in [0.15, 0.2) is 0 Å². The molecule has 0 saturated carbocycles. The van der Waals surface area contributed by atoms with Crippen LogP contribution in [0.4, 0.5) is 11.4 Å². The Hall–Kier alpha value is -3.31. The van der Waals surface area contributed by atoms with E-state index in [1.54, 1.807) is 55.3 Å². The van der Waals surface area contributed by atoms with Gasteiger partial charge in [0.2, 0.25) is 5.91 Å². The minimum Gasteiger partial charge on any atom is -0.497 e. The predicted octanol–water partition coefficient (Wildman–Crippen LogP) is 6.19. The zero-order valence-electron chi connectivity index (χ0n) is 19.2. The number of amides is 2. The smallest absolute Gasteiger partial charge is 0.258 e. The highest BCUT2D eigenvalue weighted by atomic mass is 35.5. The van der Waals surface area contributed by atoms with Crippen LogP contribution in [0.3, 0.4) is 0 Å². The summed E-state index contributed by atoms with van der Waals surface area (Å²) in [4.78, 5) is 30.1. The van der Waals surface area contributed by atoms with E-state index in [0.717, 1.165) is 22.5 Å². The van der Waals surface area contributed by atoms with Crippen molar-refractivity contribution in [2.45, 2.75) is 39.3 Å². The third kappa shape index (κ3) is 4.46. The maximum Gasteiger partial charge on any atom is 0.258 e. The fourth-order valence-corrected chi connectivity index (χ4v) is 4.67. The second-order valence-electron chi connectivity index (χ2n) is 8.43. The molecule has 170 valence electrons. The van der Waals surface area contributed by atoms with Crippen LogP contribution in [0.15, 0.2) is 66.7 Å². The van der Waals surface area contributed by atoms with E-state index < -0.39 is 0 Å². The van der Waals surface area contributed by atoms with Gasteiger partial charge in [-0.2, -0.15) is 0 Å². The molecule has 1 heterocycles. The maximum atomic E-state index is 13.6. The molecule has 0 fully saturated rings. The van der Waals surface area contributed by atoms with Crippen molar-refractivity contribution in [2.24, 2.45) is 0 Å². The summed E-state index contributed by atoms with van der Waals surface area (Å²) in [6.07, 6.45) is 0.611. The van der Waals surface area contributed by atoms with Gasteiger partial charge in [-0.1, -0.05) is 23.7 Å². The van der Waals surface area contributed by atoms with Gasteiger partial charge >= 0.3 is 0 Å². The van der Waals surface area contributed by atoms with E-state index in [9.17, 15) is 9.59 Å². The van der Waals surface area contributed by atoms with Crippen molar-refractivity contribution in [1.82, 2.24) is 0 Å². The van der Waals surface area contributed by atoms with Gasteiger partial charge in [-0.15, -0.1) is 0 Å². The third-order valence-electron chi connectivity index (χ3n) is 6.12. The number of nitrogens with zero attached hydrogens (tertiary/aromatic N) is 2. The van der Waals surface area contributed by atoms with Crippen LogP contribution in [-0.4, -0.2) is 25.0 Å². The Bertz CT molecular complexity index is 1170. The highest BCUT2D eigenvalue weighted by Crippen LogP contribution is 2.43. The van der Waals surface area contributed by atoms with Gasteiger partial charge < -0.3 is 14.5 Å². The minimum absolute atomic E-state index is 0.0593. The lowest BCUT2D eigenvalue weighted by Crippen LogP contribution is -2.47. The molecule has 2 amide bonds. The van der Waals surface area contributed by atoms with Gasteiger partial charge in [0.05, 0.1) is 13.2 Å². The number of hydrogen-bond acceptors (Lipinski definition) is 3. The van der Waals surface area contributed by atoms with Crippen molar-refractivity contribution in [3.8, 4) is 5.75 Å². The van der Waals surface area contributed by atoms with Gasteiger partial charge in [-0.05, 0) is 86.0 Å². The molecule has 0 spiro atoms. The van der Waals surface area contributed by atoms with E-state index in [-0.39, 0.29) is 23.9 Å². The molecule has 5 nitrogen and oxygen atoms in total. The Balaban J connectivity index is 1.78. The number of anilines is 2. The highest BCUT2D eigenvalue weighted by molar-refractivity contribution is 6.30. The van der Waals surface area contributed by atoms with Crippen LogP contribution in [0, 0.1) is 6.92 Å². The first-order valence-electron chi connectivity index (χ1n) is 10.9. The minimum atomic E-state index is -0.200. The molecule has 0 unspecified atom stereocenters. The number of fused-ring (bicyclic) bond motifs is 1. The standard InChI is InChI=1S/C27H27ClN2O3/c1-17-5-14-24-25(15-17)29(27(32)20-6-12-23(33-4)13-7-20)18(2)16-26(24)30(19(3)31)22-10-8-21(28)9-11-22/h5-15,18,26H,16H2,1-4H3/t18-,26+/m1/s1. The number of methoxy groups -OCH3 is 1. The zero-order chi connectivity index (χ0) is 23.7. The Morgan fingerprint density at radius 3 is 2.30 bits per heavy atom. The molecular weight excluding hydrogens is 436 g/mol. The summed E-state index contributed by atoms with van der Waals surface area (Å²) in [5, 5.41) is 0.617. The molecule has 3 aromatic rings. The van der Waals surface area contributed by atoms with Crippen LogP contribution >= 0.6 is 11.6 Å². The molecule has 0 aliphatic carbocycles. The Morgan fingerprint density at radius 1 is 1.03 bits per heavy atom. The topological polar surface area (TPSA) is 49.9 Å². The Labute approximate surface area is 199 Å². The molecule has 0 N–H and O–H groups in total. The number of benzene rings is 3. The molecule has 0 saturated heterocycles. The molecule has 1 aliphatic rings. The average molecular weight is 463 g/mol. The number of rotatable bonds is 4. The lowest BCUT2D eigenvalue weighted by atomic mass is 9.88. The normalized spacial score (nSPS) is 17.3. The van der Waals surface area contributed by atoms with E-state index in [2.05, 4.69) is 0 Å². The fraction of sp³-hybridized carbons (Fsp3) is 0.259. The lowest BCUT2D eigenvalue weighted by molar-refractivity contribution is -0.117. The predicted molar refractivity (Wildman–Crippen MR) is 132 cm³/mol. The number of carbonyl (C=O) groups excluding carboxylic acids is 2. The van der Waals surface area contributed by atoms with Crippen LogP contribution < -0.4 is 14.5 Å². The van der Waals surface area contributed by atoms with Crippen LogP contribution in [0.2, 0.25) is 5.02 Å². The molecule has 0 aromatic heterocycles. The molecule has 3 aromatic carbocycles. The summed E-state index contributed by atoms with van der Waals surface area (Å²) in [6.45, 7) is 5.61. The van der Waals surface area contributed by atoms with E-state index in [0.29, 0.717) is 22.8 Å². The summed E-state index contributed by atoms with van der Waals surface area (Å²) in [5.74, 6) is 0.571. The molecule has 0 radical (unpaired) electrons. The SMILES string of the molecule is COc1ccc(C(=O)N2c3cc(C)ccc3[C@@H](N(C(C)=O)c3ccc(Cl)cc3)C[C@H]2C)cc1. The summed E-state index contributed by atoms with van der Waals surface area (Å²) in [5.41, 5.74) is 4.21. The Kier molecular flexibility index (Phi) is 6.43. The monoisotopic (exact) mass is 462 g/mol. The van der Waals surface area contributed by atoms with Gasteiger partial charge in [0, 0.05) is 34.9 Å². The summed E-state index contributed by atoms with van der Waals surface area (Å²) < 4.78 is 5.23. The molecule has 2 atom stereocenters. The third-order valence-corrected chi connectivity index (χ3v) is 6.37. The second kappa shape index (κ2) is 9.28. The maximum absolute atomic E-state index is 13.6. The first-order valence-corrected chi connectivity index (χ1v) is 11.3. The summed E-state index contributed by atoms with van der Waals surface area (Å²) in [6, 6.07) is 20.2. The summed E-state index contributed by atoms with van der Waals surface area (Å²) >= 11 is 6.08. The zero-order valence-corrected chi connectivity index (χ0v) is 20.0. The number of carbonyl (C=O) groups is 2. The number of hydrogen-bond donors (Lipinski definition) is 0. The average Bonchev–Trinajstić information content (AvgIpc) is 2.80. The van der Waals surface area contributed by atoms with E-state index in [1.165, 1.54) is 0 Å². The lowest BCUT2D eigenvalue weighted by Gasteiger charge is -2.43. The number of aryl methyl sites for hydroxylation is 1. The Morgan fingerprint density at radius 2 is 1.70 bits per heavy atom. The second-order valence-corrected chi connectivity index (χ2v) is 8.87. The van der Waals surface area contributed by atoms with Crippen molar-refractivity contribution in [3.63, 3.8) is 0 Å². The fourth-order valence-electron chi connectivity index (χ4n) is 4.55. The van der Waals surface area contributed by atoms with E-state index >= 15 is 0 Å². The molecule has 33 heavy (non-hydrogen) atoms. The highest BCUT2D eigenvalue weighted by Gasteiger charge is 2.38. The van der Waals surface area contributed by atoms with Crippen LogP contribution in [-0.2, 0) is 4.79 Å². The van der Waals surface area contributed by atoms with Gasteiger partial charge in [0.25, 0.3) is 5.91 Å². The molecule has 6 heteroatoms. The summed E-state index contributed by atoms with van der Waals surface area (Å²) in [7, 11) is 1.60. The van der Waals surface area contributed by atoms with Crippen molar-refractivity contribution in [2.75, 3.05) is 16.9 Å². The van der Waals surface area contributed by atoms with Crippen LogP contribution in [0.25, 0.3) is 0 Å². The quantitative estimate of drug-likeness (QED) is 0.464. The molecule has 4 rings (SSSR count). The van der Waals surface area contributed by atoms with Crippen LogP contribution in [0.1, 0.15) is 47.8 Å². The first-order chi connectivity index (χ1) is 15.8. The molecule has 0 bridgehead atoms. The van der Waals surface area contributed by atoms with Crippen molar-refractivity contribution in [3.05, 3.63) is 88.4 Å². The number of halogens is 1. The molecule has 1 aliphatic heterocycles. The van der Waals surface area contributed by atoms with E-state index in [4.69, 9.17) is 16.3 Å². The van der Waals surface area contributed by atoms with Crippen molar-refractivity contribution >= 4 is 34.8 Å². The van der Waals surface area contributed by atoms with Gasteiger partial charge in [0.1, 0.15) is 5.75 Å². The van der Waals surface area contributed by atoms with Crippen molar-refractivity contribution in [1.29, 1.82) is 0 Å². The van der Waals surface area contributed by atoms with E-state index in [1.807, 2.05) is 49.1 Å². The van der Waals surface area contributed by atoms with Gasteiger partial charge in [-0.25, -0.2) is 0 Å². The van der Waals surface area contributed by atoms with Crippen molar-refractivity contribution < 1.29 is 14.3 Å². The molecular formula is C27H27ClN2O3. The first kappa shape index (κ1) is 22.9. The number of ether oxygens (including phenoxy) is 1.